The van der Waals surface area contributed by atoms with Gasteiger partial charge in [0.05, 0.1) is 0 Å². The number of rotatable bonds is 4. The van der Waals surface area contributed by atoms with Gasteiger partial charge in [0, 0.05) is 28.0 Å². The Balaban J connectivity index is 1.97. The van der Waals surface area contributed by atoms with Crippen LogP contribution < -0.4 is 5.73 Å². The van der Waals surface area contributed by atoms with E-state index in [1.165, 1.54) is 27.6 Å². The predicted molar refractivity (Wildman–Crippen MR) is 94.7 cm³/mol. The molecule has 3 heteroatoms. The van der Waals surface area contributed by atoms with Crippen molar-refractivity contribution in [3.63, 3.8) is 0 Å². The van der Waals surface area contributed by atoms with Crippen LogP contribution in [0.5, 0.6) is 0 Å². The number of hydrogen-bond acceptors (Lipinski definition) is 1. The third-order valence-corrected chi connectivity index (χ3v) is 4.40. The van der Waals surface area contributed by atoms with Crippen molar-refractivity contribution in [2.75, 3.05) is 6.54 Å². The Morgan fingerprint density at radius 2 is 1.82 bits per heavy atom. The van der Waals surface area contributed by atoms with Gasteiger partial charge in [-0.25, -0.2) is 0 Å². The van der Waals surface area contributed by atoms with Crippen LogP contribution in [0.4, 0.5) is 0 Å². The van der Waals surface area contributed by atoms with E-state index in [0.717, 1.165) is 17.0 Å². The number of nitrogens with one attached hydrogen (secondary N) is 1. The highest BCUT2D eigenvalue weighted by Gasteiger charge is 2.16. The fourth-order valence-corrected chi connectivity index (χ4v) is 3.42. The molecule has 1 unspecified atom stereocenters. The van der Waals surface area contributed by atoms with Crippen LogP contribution in [0.1, 0.15) is 28.2 Å². The van der Waals surface area contributed by atoms with Crippen molar-refractivity contribution < 1.29 is 0 Å². The molecule has 0 saturated heterocycles. The molecule has 0 bridgehead atoms. The van der Waals surface area contributed by atoms with Gasteiger partial charge in [-0.15, -0.1) is 0 Å². The zero-order valence-electron chi connectivity index (χ0n) is 13.0. The highest BCUT2D eigenvalue weighted by Crippen LogP contribution is 2.30. The van der Waals surface area contributed by atoms with Gasteiger partial charge in [0.1, 0.15) is 0 Å². The van der Waals surface area contributed by atoms with Crippen molar-refractivity contribution in [3.8, 4) is 0 Å². The molecule has 0 aliphatic rings. The van der Waals surface area contributed by atoms with E-state index in [1.54, 1.807) is 0 Å². The summed E-state index contributed by atoms with van der Waals surface area (Å²) in [6.07, 6.45) is 3.01. The maximum Gasteiger partial charge on any atom is 0.0457 e. The van der Waals surface area contributed by atoms with Crippen molar-refractivity contribution in [1.82, 2.24) is 4.98 Å². The molecule has 0 aliphatic carbocycles. The normalized spacial score (nSPS) is 12.7. The average molecular weight is 313 g/mol. The van der Waals surface area contributed by atoms with Crippen LogP contribution in [0.3, 0.4) is 0 Å². The molecule has 22 heavy (non-hydrogen) atoms. The quantitative estimate of drug-likeness (QED) is 0.719. The molecule has 0 fully saturated rings. The summed E-state index contributed by atoms with van der Waals surface area (Å²) in [6, 6.07) is 12.6. The van der Waals surface area contributed by atoms with Crippen LogP contribution >= 0.6 is 11.6 Å². The van der Waals surface area contributed by atoms with Gasteiger partial charge in [-0.3, -0.25) is 0 Å². The minimum atomic E-state index is 0.286. The standard InChI is InChI=1S/C19H21ClN2/c1-12-5-13(2)7-14(6-12)8-15(10-21)18-11-22-19-4-3-16(20)9-17(18)19/h3-7,9,11,15,22H,8,10,21H2,1-2H3. The second-order valence-electron chi connectivity index (χ2n) is 6.07. The molecule has 2 nitrogen and oxygen atoms in total. The molecule has 0 radical (unpaired) electrons. The number of aromatic nitrogens is 1. The fraction of sp³-hybridized carbons (Fsp3) is 0.263. The maximum absolute atomic E-state index is 6.15. The second kappa shape index (κ2) is 6.15. The molecule has 0 spiro atoms. The Morgan fingerprint density at radius 1 is 1.09 bits per heavy atom. The molecule has 3 N–H and O–H groups in total. The van der Waals surface area contributed by atoms with Crippen LogP contribution in [-0.2, 0) is 6.42 Å². The van der Waals surface area contributed by atoms with E-state index in [1.807, 2.05) is 18.2 Å². The van der Waals surface area contributed by atoms with Crippen molar-refractivity contribution in [3.05, 3.63) is 69.9 Å². The molecule has 1 atom stereocenters. The smallest absolute Gasteiger partial charge is 0.0457 e. The fourth-order valence-electron chi connectivity index (χ4n) is 3.24. The zero-order chi connectivity index (χ0) is 15.7. The third-order valence-electron chi connectivity index (χ3n) is 4.16. The number of H-pyrrole nitrogens is 1. The van der Waals surface area contributed by atoms with Crippen LogP contribution in [0, 0.1) is 13.8 Å². The first kappa shape index (κ1) is 15.1. The van der Waals surface area contributed by atoms with E-state index in [-0.39, 0.29) is 5.92 Å². The lowest BCUT2D eigenvalue weighted by Crippen LogP contribution is -2.15. The van der Waals surface area contributed by atoms with Crippen molar-refractivity contribution in [1.29, 1.82) is 0 Å². The van der Waals surface area contributed by atoms with E-state index in [2.05, 4.69) is 43.2 Å². The van der Waals surface area contributed by atoms with Gasteiger partial charge in [-0.05, 0) is 56.1 Å². The van der Waals surface area contributed by atoms with Crippen LogP contribution in [0.25, 0.3) is 10.9 Å². The minimum Gasteiger partial charge on any atom is -0.361 e. The van der Waals surface area contributed by atoms with E-state index >= 15 is 0 Å². The number of hydrogen-bond donors (Lipinski definition) is 2. The summed E-state index contributed by atoms with van der Waals surface area (Å²) in [7, 11) is 0. The molecule has 0 saturated carbocycles. The second-order valence-corrected chi connectivity index (χ2v) is 6.50. The Kier molecular flexibility index (Phi) is 4.23. The van der Waals surface area contributed by atoms with Gasteiger partial charge in [-0.1, -0.05) is 40.9 Å². The third kappa shape index (κ3) is 3.03. The molecular weight excluding hydrogens is 292 g/mol. The SMILES string of the molecule is Cc1cc(C)cc(CC(CN)c2c[nH]c3ccc(Cl)cc23)c1. The number of halogens is 1. The molecule has 3 rings (SSSR count). The Bertz CT molecular complexity index is 784. The number of nitrogens with two attached hydrogens (primary N) is 1. The summed E-state index contributed by atoms with van der Waals surface area (Å²) >= 11 is 6.15. The first-order valence-electron chi connectivity index (χ1n) is 7.60. The summed E-state index contributed by atoms with van der Waals surface area (Å²) in [5.74, 6) is 0.286. The number of aromatic amines is 1. The largest absolute Gasteiger partial charge is 0.361 e. The number of fused-ring (bicyclic) bond motifs is 1. The highest BCUT2D eigenvalue weighted by molar-refractivity contribution is 6.31. The summed E-state index contributed by atoms with van der Waals surface area (Å²) in [5, 5.41) is 1.93. The molecule has 0 amide bonds. The Hall–Kier alpha value is -1.77. The monoisotopic (exact) mass is 312 g/mol. The van der Waals surface area contributed by atoms with Crippen LogP contribution in [0.15, 0.2) is 42.6 Å². The van der Waals surface area contributed by atoms with E-state index in [4.69, 9.17) is 17.3 Å². The number of aryl methyl sites for hydroxylation is 2. The summed E-state index contributed by atoms with van der Waals surface area (Å²) < 4.78 is 0. The molecule has 3 aromatic rings. The lowest BCUT2D eigenvalue weighted by Gasteiger charge is -2.15. The Morgan fingerprint density at radius 3 is 2.50 bits per heavy atom. The van der Waals surface area contributed by atoms with Gasteiger partial charge in [-0.2, -0.15) is 0 Å². The first-order valence-corrected chi connectivity index (χ1v) is 7.98. The summed E-state index contributed by atoms with van der Waals surface area (Å²) in [6.45, 7) is 4.89. The van der Waals surface area contributed by atoms with Crippen molar-refractivity contribution >= 4 is 22.5 Å². The van der Waals surface area contributed by atoms with Crippen molar-refractivity contribution in [2.24, 2.45) is 5.73 Å². The number of benzene rings is 2. The Labute approximate surface area is 136 Å². The summed E-state index contributed by atoms with van der Waals surface area (Å²) in [4.78, 5) is 3.32. The van der Waals surface area contributed by atoms with E-state index in [9.17, 15) is 0 Å². The van der Waals surface area contributed by atoms with E-state index in [0.29, 0.717) is 6.54 Å². The minimum absolute atomic E-state index is 0.286. The van der Waals surface area contributed by atoms with Crippen molar-refractivity contribution in [2.45, 2.75) is 26.2 Å². The van der Waals surface area contributed by atoms with Gasteiger partial charge in [0.25, 0.3) is 0 Å². The van der Waals surface area contributed by atoms with Crippen LogP contribution in [-0.4, -0.2) is 11.5 Å². The molecule has 0 aliphatic heterocycles. The summed E-state index contributed by atoms with van der Waals surface area (Å²) in [5.41, 5.74) is 12.4. The zero-order valence-corrected chi connectivity index (χ0v) is 13.7. The van der Waals surface area contributed by atoms with Gasteiger partial charge in [0.2, 0.25) is 0 Å². The highest BCUT2D eigenvalue weighted by atomic mass is 35.5. The molecule has 1 aromatic heterocycles. The topological polar surface area (TPSA) is 41.8 Å². The lowest BCUT2D eigenvalue weighted by atomic mass is 9.90. The van der Waals surface area contributed by atoms with E-state index < -0.39 is 0 Å². The van der Waals surface area contributed by atoms with Gasteiger partial charge >= 0.3 is 0 Å². The molecule has 1 heterocycles. The predicted octanol–water partition coefficient (Wildman–Crippen LogP) is 4.72. The van der Waals surface area contributed by atoms with Crippen LogP contribution in [0.2, 0.25) is 5.02 Å². The molecular formula is C19H21ClN2. The first-order chi connectivity index (χ1) is 10.6. The van der Waals surface area contributed by atoms with Gasteiger partial charge in [0.15, 0.2) is 0 Å². The lowest BCUT2D eigenvalue weighted by molar-refractivity contribution is 0.699. The van der Waals surface area contributed by atoms with Gasteiger partial charge < -0.3 is 10.7 Å². The molecule has 2 aromatic carbocycles. The maximum atomic E-state index is 6.15. The average Bonchev–Trinajstić information content (AvgIpc) is 2.86. The molecule has 114 valence electrons.